The summed E-state index contributed by atoms with van der Waals surface area (Å²) in [6, 6.07) is 4.80. The van der Waals surface area contributed by atoms with Crippen molar-refractivity contribution in [1.82, 2.24) is 24.6 Å². The van der Waals surface area contributed by atoms with E-state index >= 15 is 0 Å². The van der Waals surface area contributed by atoms with E-state index in [9.17, 15) is 0 Å². The van der Waals surface area contributed by atoms with Gasteiger partial charge in [-0.3, -0.25) is 4.90 Å². The third-order valence-electron chi connectivity index (χ3n) is 6.56. The molecule has 3 aromatic rings. The monoisotopic (exact) mass is 406 g/mol. The lowest BCUT2D eigenvalue weighted by atomic mass is 9.96. The number of ether oxygens (including phenoxy) is 1. The number of aromatic nitrogens is 4. The highest BCUT2D eigenvalue weighted by Crippen LogP contribution is 2.34. The summed E-state index contributed by atoms with van der Waals surface area (Å²) in [4.78, 5) is 11.8. The number of methoxy groups -OCH3 is 1. The summed E-state index contributed by atoms with van der Waals surface area (Å²) >= 11 is 0. The van der Waals surface area contributed by atoms with Crippen LogP contribution in [0, 0.1) is 0 Å². The van der Waals surface area contributed by atoms with E-state index in [-0.39, 0.29) is 0 Å². The van der Waals surface area contributed by atoms with Gasteiger partial charge in [-0.1, -0.05) is 26.2 Å². The molecule has 0 atom stereocenters. The van der Waals surface area contributed by atoms with Gasteiger partial charge in [-0.05, 0) is 49.1 Å². The maximum absolute atomic E-state index is 5.68. The number of nitrogens with one attached hydrogen (secondary N) is 1. The first-order chi connectivity index (χ1) is 14.7. The fraction of sp³-hybridized carbons (Fsp3) is 0.522. The van der Waals surface area contributed by atoms with E-state index in [1.165, 1.54) is 43.2 Å². The van der Waals surface area contributed by atoms with Gasteiger partial charge in [0.15, 0.2) is 5.65 Å². The average molecular weight is 407 g/mol. The molecule has 3 heterocycles. The molecule has 30 heavy (non-hydrogen) atoms. The first kappa shape index (κ1) is 19.3. The number of nitrogens with zero attached hydrogens (tertiary/aromatic N) is 5. The van der Waals surface area contributed by atoms with Gasteiger partial charge in [0.1, 0.15) is 5.75 Å². The Bertz CT molecular complexity index is 1040. The van der Waals surface area contributed by atoms with Gasteiger partial charge in [-0.2, -0.15) is 10.1 Å². The van der Waals surface area contributed by atoms with Crippen LogP contribution in [0.3, 0.4) is 0 Å². The van der Waals surface area contributed by atoms with Crippen molar-refractivity contribution in [1.29, 1.82) is 0 Å². The lowest BCUT2D eigenvalue weighted by Crippen LogP contribution is -2.30. The molecule has 0 unspecified atom stereocenters. The van der Waals surface area contributed by atoms with Crippen LogP contribution >= 0.6 is 0 Å². The number of rotatable bonds is 5. The van der Waals surface area contributed by atoms with E-state index in [4.69, 9.17) is 9.72 Å². The van der Waals surface area contributed by atoms with Crippen LogP contribution in [-0.4, -0.2) is 44.8 Å². The first-order valence-electron chi connectivity index (χ1n) is 11.1. The van der Waals surface area contributed by atoms with Crippen molar-refractivity contribution in [3.8, 4) is 5.75 Å². The Morgan fingerprint density at radius 3 is 2.80 bits per heavy atom. The van der Waals surface area contributed by atoms with E-state index in [0.717, 1.165) is 48.5 Å². The zero-order valence-electron chi connectivity index (χ0n) is 17.9. The van der Waals surface area contributed by atoms with Crippen LogP contribution in [0.25, 0.3) is 11.0 Å². The van der Waals surface area contributed by atoms with Crippen LogP contribution in [0.5, 0.6) is 5.75 Å². The van der Waals surface area contributed by atoms with Crippen LogP contribution < -0.4 is 10.1 Å². The SMILES string of the molecule is CCN1CCc2cc(OC)c(Nc3ncc4cnn(C5CCCCC5)c4n3)cc2C1. The summed E-state index contributed by atoms with van der Waals surface area (Å²) in [6.07, 6.45) is 11.0. The molecule has 2 aliphatic rings. The number of hydrogen-bond donors (Lipinski definition) is 1. The van der Waals surface area contributed by atoms with Crippen molar-refractivity contribution in [2.75, 3.05) is 25.5 Å². The number of anilines is 2. The Morgan fingerprint density at radius 1 is 1.13 bits per heavy atom. The maximum Gasteiger partial charge on any atom is 0.229 e. The molecule has 7 nitrogen and oxygen atoms in total. The standard InChI is InChI=1S/C23H30N6O/c1-3-28-10-9-16-12-21(30-2)20(11-17(16)15-28)26-23-24-13-18-14-25-29(22(18)27-23)19-7-5-4-6-8-19/h11-14,19H,3-10,15H2,1-2H3,(H,24,26,27). The molecule has 0 bridgehead atoms. The Hall–Kier alpha value is -2.67. The second-order valence-corrected chi connectivity index (χ2v) is 8.42. The predicted molar refractivity (Wildman–Crippen MR) is 118 cm³/mol. The second kappa shape index (κ2) is 8.22. The molecule has 0 amide bonds. The van der Waals surface area contributed by atoms with Crippen molar-refractivity contribution in [3.05, 3.63) is 35.7 Å². The first-order valence-corrected chi connectivity index (χ1v) is 11.1. The summed E-state index contributed by atoms with van der Waals surface area (Å²) in [6.45, 7) is 5.36. The van der Waals surface area contributed by atoms with E-state index in [1.54, 1.807) is 7.11 Å². The number of hydrogen-bond acceptors (Lipinski definition) is 6. The quantitative estimate of drug-likeness (QED) is 0.675. The summed E-state index contributed by atoms with van der Waals surface area (Å²) < 4.78 is 7.78. The average Bonchev–Trinajstić information content (AvgIpc) is 3.22. The molecule has 0 saturated heterocycles. The van der Waals surface area contributed by atoms with E-state index < -0.39 is 0 Å². The minimum atomic E-state index is 0.442. The van der Waals surface area contributed by atoms with Crippen molar-refractivity contribution < 1.29 is 4.74 Å². The molecule has 1 aliphatic heterocycles. The normalized spacial score (nSPS) is 17.8. The van der Waals surface area contributed by atoms with Crippen LogP contribution in [-0.2, 0) is 13.0 Å². The van der Waals surface area contributed by atoms with E-state index in [0.29, 0.717) is 12.0 Å². The second-order valence-electron chi connectivity index (χ2n) is 8.42. The number of fused-ring (bicyclic) bond motifs is 2. The molecule has 0 spiro atoms. The highest BCUT2D eigenvalue weighted by Gasteiger charge is 2.21. The zero-order valence-corrected chi connectivity index (χ0v) is 17.9. The molecule has 0 radical (unpaired) electrons. The maximum atomic E-state index is 5.68. The van der Waals surface area contributed by atoms with Crippen LogP contribution in [0.1, 0.15) is 56.2 Å². The third-order valence-corrected chi connectivity index (χ3v) is 6.56. The summed E-state index contributed by atoms with van der Waals surface area (Å²) in [7, 11) is 1.72. The zero-order chi connectivity index (χ0) is 20.5. The van der Waals surface area contributed by atoms with Crippen molar-refractivity contribution in [2.45, 2.75) is 58.0 Å². The van der Waals surface area contributed by atoms with Gasteiger partial charge in [0.2, 0.25) is 5.95 Å². The summed E-state index contributed by atoms with van der Waals surface area (Å²) in [5, 5.41) is 9.03. The molecule has 1 aromatic carbocycles. The van der Waals surface area contributed by atoms with E-state index in [2.05, 4.69) is 44.0 Å². The van der Waals surface area contributed by atoms with Gasteiger partial charge in [0.05, 0.1) is 30.4 Å². The van der Waals surface area contributed by atoms with Gasteiger partial charge in [-0.25, -0.2) is 9.67 Å². The molecule has 1 saturated carbocycles. The van der Waals surface area contributed by atoms with Gasteiger partial charge >= 0.3 is 0 Å². The molecule has 1 fully saturated rings. The molecule has 158 valence electrons. The smallest absolute Gasteiger partial charge is 0.229 e. The third kappa shape index (κ3) is 3.62. The minimum absolute atomic E-state index is 0.442. The Kier molecular flexibility index (Phi) is 5.29. The fourth-order valence-corrected chi connectivity index (χ4v) is 4.79. The minimum Gasteiger partial charge on any atom is -0.495 e. The van der Waals surface area contributed by atoms with Crippen LogP contribution in [0.2, 0.25) is 0 Å². The van der Waals surface area contributed by atoms with Gasteiger partial charge < -0.3 is 10.1 Å². The molecule has 1 aliphatic carbocycles. The Labute approximate surface area is 177 Å². The molecular formula is C23H30N6O. The molecule has 5 rings (SSSR count). The molecule has 1 N–H and O–H groups in total. The molecule has 2 aromatic heterocycles. The summed E-state index contributed by atoms with van der Waals surface area (Å²) in [5.41, 5.74) is 4.54. The fourth-order valence-electron chi connectivity index (χ4n) is 4.79. The topological polar surface area (TPSA) is 68.1 Å². The van der Waals surface area contributed by atoms with Gasteiger partial charge in [0.25, 0.3) is 0 Å². The highest BCUT2D eigenvalue weighted by atomic mass is 16.5. The number of benzene rings is 1. The molecule has 7 heteroatoms. The van der Waals surface area contributed by atoms with Crippen molar-refractivity contribution in [2.24, 2.45) is 0 Å². The van der Waals surface area contributed by atoms with Crippen LogP contribution in [0.4, 0.5) is 11.6 Å². The van der Waals surface area contributed by atoms with Crippen molar-refractivity contribution in [3.63, 3.8) is 0 Å². The molecular weight excluding hydrogens is 376 g/mol. The Morgan fingerprint density at radius 2 is 2.00 bits per heavy atom. The van der Waals surface area contributed by atoms with Crippen molar-refractivity contribution >= 4 is 22.7 Å². The lowest BCUT2D eigenvalue weighted by Gasteiger charge is -2.28. The Balaban J connectivity index is 1.46. The van der Waals surface area contributed by atoms with E-state index in [1.807, 2.05) is 12.4 Å². The lowest BCUT2D eigenvalue weighted by molar-refractivity contribution is 0.267. The van der Waals surface area contributed by atoms with Crippen LogP contribution in [0.15, 0.2) is 24.5 Å². The highest BCUT2D eigenvalue weighted by molar-refractivity contribution is 5.76. The summed E-state index contributed by atoms with van der Waals surface area (Å²) in [5.74, 6) is 1.42. The van der Waals surface area contributed by atoms with Gasteiger partial charge in [0, 0.05) is 19.3 Å². The van der Waals surface area contributed by atoms with Gasteiger partial charge in [-0.15, -0.1) is 0 Å². The largest absolute Gasteiger partial charge is 0.495 e. The number of likely N-dealkylation sites (N-methyl/N-ethyl adjacent to an activating group) is 1. The predicted octanol–water partition coefficient (Wildman–Crippen LogP) is 4.46.